The average molecular weight is 313 g/mol. The number of nitrogens with two attached hydrogens (primary N) is 1. The van der Waals surface area contributed by atoms with Crippen LogP contribution in [-0.4, -0.2) is 40.6 Å². The molecule has 7 nitrogen and oxygen atoms in total. The lowest BCUT2D eigenvalue weighted by Crippen LogP contribution is -2.37. The number of fused-ring (bicyclic) bond motifs is 1. The van der Waals surface area contributed by atoms with Gasteiger partial charge in [-0.15, -0.1) is 0 Å². The molecule has 0 spiro atoms. The first-order valence-electron chi connectivity index (χ1n) is 6.76. The van der Waals surface area contributed by atoms with Crippen LogP contribution in [0.5, 0.6) is 5.75 Å². The number of hydrogen-bond donors (Lipinski definition) is 2. The maximum Gasteiger partial charge on any atom is 0.240 e. The molecule has 0 fully saturated rings. The normalized spacial score (nSPS) is 14.5. The van der Waals surface area contributed by atoms with Crippen LogP contribution >= 0.6 is 0 Å². The number of nitrogens with one attached hydrogen (secondary N) is 1. The third-order valence-electron chi connectivity index (χ3n) is 3.14. The molecular weight excluding hydrogens is 294 g/mol. The van der Waals surface area contributed by atoms with Crippen LogP contribution in [0.25, 0.3) is 0 Å². The average Bonchev–Trinajstić information content (AvgIpc) is 2.51. The smallest absolute Gasteiger partial charge is 0.240 e. The van der Waals surface area contributed by atoms with Gasteiger partial charge in [0.2, 0.25) is 15.9 Å². The number of carbonyl (C=O) groups excluding carboxylic acids is 1. The Kier molecular flexibility index (Phi) is 4.81. The Morgan fingerprint density at radius 2 is 2.24 bits per heavy atom. The summed E-state index contributed by atoms with van der Waals surface area (Å²) in [5, 5.41) is 0. The van der Waals surface area contributed by atoms with Crippen molar-refractivity contribution in [3.05, 3.63) is 18.2 Å². The number of benzene rings is 1. The van der Waals surface area contributed by atoms with Gasteiger partial charge < -0.3 is 15.4 Å². The van der Waals surface area contributed by atoms with Gasteiger partial charge >= 0.3 is 0 Å². The molecule has 0 aromatic heterocycles. The third-order valence-corrected chi connectivity index (χ3v) is 4.60. The molecule has 8 heteroatoms. The summed E-state index contributed by atoms with van der Waals surface area (Å²) in [6, 6.07) is 4.49. The zero-order valence-corrected chi connectivity index (χ0v) is 12.6. The van der Waals surface area contributed by atoms with E-state index < -0.39 is 10.0 Å². The molecule has 1 aliphatic rings. The first-order chi connectivity index (χ1) is 9.99. The van der Waals surface area contributed by atoms with Gasteiger partial charge in [0.25, 0.3) is 0 Å². The number of nitrogens with zero attached hydrogens (tertiary/aromatic N) is 1. The van der Waals surface area contributed by atoms with Crippen LogP contribution in [0.4, 0.5) is 5.69 Å². The van der Waals surface area contributed by atoms with Crippen LogP contribution < -0.4 is 20.1 Å². The van der Waals surface area contributed by atoms with Crippen molar-refractivity contribution in [3.63, 3.8) is 0 Å². The van der Waals surface area contributed by atoms with E-state index in [4.69, 9.17) is 10.5 Å². The second-order valence-corrected chi connectivity index (χ2v) is 6.33. The Balaban J connectivity index is 2.39. The van der Waals surface area contributed by atoms with E-state index in [1.165, 1.54) is 12.1 Å². The number of amides is 1. The highest BCUT2D eigenvalue weighted by atomic mass is 32.2. The molecule has 21 heavy (non-hydrogen) atoms. The van der Waals surface area contributed by atoms with Gasteiger partial charge in [-0.05, 0) is 18.2 Å². The molecule has 2 rings (SSSR count). The molecule has 1 amide bonds. The second kappa shape index (κ2) is 6.42. The van der Waals surface area contributed by atoms with Gasteiger partial charge in [0, 0.05) is 19.5 Å². The summed E-state index contributed by atoms with van der Waals surface area (Å²) >= 11 is 0. The summed E-state index contributed by atoms with van der Waals surface area (Å²) in [5.74, 6) is 0.449. The standard InChI is InChI=1S/C13H19N3O4S/c1-2-13(17)16-7-8-20-12-4-3-10(9-11(12)16)21(18,19)15-6-5-14/h3-4,9,15H,2,5-8,14H2,1H3. The topological polar surface area (TPSA) is 102 Å². The van der Waals surface area contributed by atoms with Gasteiger partial charge in [-0.1, -0.05) is 6.92 Å². The lowest BCUT2D eigenvalue weighted by molar-refractivity contribution is -0.118. The second-order valence-electron chi connectivity index (χ2n) is 4.56. The Labute approximate surface area is 124 Å². The fourth-order valence-electron chi connectivity index (χ4n) is 2.09. The van der Waals surface area contributed by atoms with Crippen molar-refractivity contribution in [3.8, 4) is 5.75 Å². The Bertz CT molecular complexity index is 630. The largest absolute Gasteiger partial charge is 0.490 e. The first-order valence-corrected chi connectivity index (χ1v) is 8.25. The molecule has 116 valence electrons. The van der Waals surface area contributed by atoms with Crippen LogP contribution in [0.1, 0.15) is 13.3 Å². The van der Waals surface area contributed by atoms with Crippen LogP contribution in [0.3, 0.4) is 0 Å². The lowest BCUT2D eigenvalue weighted by Gasteiger charge is -2.29. The molecule has 1 aromatic rings. The number of ether oxygens (including phenoxy) is 1. The fraction of sp³-hybridized carbons (Fsp3) is 0.462. The first kappa shape index (κ1) is 15.7. The zero-order valence-electron chi connectivity index (χ0n) is 11.8. The third kappa shape index (κ3) is 3.34. The van der Waals surface area contributed by atoms with Crippen LogP contribution in [0.15, 0.2) is 23.1 Å². The molecule has 0 aliphatic carbocycles. The number of sulfonamides is 1. The van der Waals surface area contributed by atoms with Gasteiger partial charge in [0.1, 0.15) is 12.4 Å². The van der Waals surface area contributed by atoms with Crippen molar-refractivity contribution >= 4 is 21.6 Å². The Morgan fingerprint density at radius 1 is 1.48 bits per heavy atom. The van der Waals surface area contributed by atoms with Crippen molar-refractivity contribution in [2.75, 3.05) is 31.1 Å². The van der Waals surface area contributed by atoms with Crippen molar-refractivity contribution < 1.29 is 17.9 Å². The Hall–Kier alpha value is -1.64. The summed E-state index contributed by atoms with van der Waals surface area (Å²) in [6.45, 7) is 2.96. The molecule has 0 radical (unpaired) electrons. The maximum atomic E-state index is 12.1. The van der Waals surface area contributed by atoms with Crippen LogP contribution in [0, 0.1) is 0 Å². The minimum atomic E-state index is -3.64. The quantitative estimate of drug-likeness (QED) is 0.800. The molecule has 0 bridgehead atoms. The van der Waals surface area contributed by atoms with Crippen molar-refractivity contribution in [1.29, 1.82) is 0 Å². The van der Waals surface area contributed by atoms with Gasteiger partial charge in [-0.3, -0.25) is 4.79 Å². The number of anilines is 1. The summed E-state index contributed by atoms with van der Waals surface area (Å²) in [7, 11) is -3.64. The molecular formula is C13H19N3O4S. The summed E-state index contributed by atoms with van der Waals surface area (Å²) in [6.07, 6.45) is 0.349. The minimum Gasteiger partial charge on any atom is -0.490 e. The van der Waals surface area contributed by atoms with E-state index in [0.29, 0.717) is 31.0 Å². The Morgan fingerprint density at radius 3 is 2.90 bits per heavy atom. The predicted molar refractivity (Wildman–Crippen MR) is 78.8 cm³/mol. The highest BCUT2D eigenvalue weighted by molar-refractivity contribution is 7.89. The molecule has 3 N–H and O–H groups in total. The summed E-state index contributed by atoms with van der Waals surface area (Å²) in [4.78, 5) is 13.6. The van der Waals surface area contributed by atoms with Crippen LogP contribution in [-0.2, 0) is 14.8 Å². The summed E-state index contributed by atoms with van der Waals surface area (Å²) < 4.78 is 32.1. The van der Waals surface area contributed by atoms with Gasteiger partial charge in [0.05, 0.1) is 17.1 Å². The number of carbonyl (C=O) groups is 1. The molecule has 0 unspecified atom stereocenters. The van der Waals surface area contributed by atoms with E-state index in [-0.39, 0.29) is 23.9 Å². The molecule has 0 atom stereocenters. The SMILES string of the molecule is CCC(=O)N1CCOc2ccc(S(=O)(=O)NCCN)cc21. The van der Waals surface area contributed by atoms with Crippen molar-refractivity contribution in [1.82, 2.24) is 4.72 Å². The highest BCUT2D eigenvalue weighted by Crippen LogP contribution is 2.34. The van der Waals surface area contributed by atoms with Crippen LogP contribution in [0.2, 0.25) is 0 Å². The highest BCUT2D eigenvalue weighted by Gasteiger charge is 2.25. The maximum absolute atomic E-state index is 12.1. The van der Waals surface area contributed by atoms with E-state index in [9.17, 15) is 13.2 Å². The van der Waals surface area contributed by atoms with Gasteiger partial charge in [-0.25, -0.2) is 13.1 Å². The van der Waals surface area contributed by atoms with Gasteiger partial charge in [-0.2, -0.15) is 0 Å². The van der Waals surface area contributed by atoms with Crippen molar-refractivity contribution in [2.45, 2.75) is 18.2 Å². The molecule has 0 saturated carbocycles. The molecule has 1 heterocycles. The molecule has 1 aliphatic heterocycles. The van der Waals surface area contributed by atoms with E-state index in [2.05, 4.69) is 4.72 Å². The monoisotopic (exact) mass is 313 g/mol. The minimum absolute atomic E-state index is 0.0657. The zero-order chi connectivity index (χ0) is 15.5. The summed E-state index contributed by atoms with van der Waals surface area (Å²) in [5.41, 5.74) is 5.79. The van der Waals surface area contributed by atoms with E-state index in [0.717, 1.165) is 0 Å². The van der Waals surface area contributed by atoms with E-state index in [1.54, 1.807) is 17.9 Å². The van der Waals surface area contributed by atoms with E-state index >= 15 is 0 Å². The number of hydrogen-bond acceptors (Lipinski definition) is 5. The number of rotatable bonds is 5. The fourth-order valence-corrected chi connectivity index (χ4v) is 3.16. The van der Waals surface area contributed by atoms with Crippen molar-refractivity contribution in [2.24, 2.45) is 5.73 Å². The van der Waals surface area contributed by atoms with E-state index in [1.807, 2.05) is 0 Å². The molecule has 1 aromatic carbocycles. The molecule has 0 saturated heterocycles. The van der Waals surface area contributed by atoms with Gasteiger partial charge in [0.15, 0.2) is 0 Å². The lowest BCUT2D eigenvalue weighted by atomic mass is 10.2. The predicted octanol–water partition coefficient (Wildman–Crippen LogP) is 0.0590.